The van der Waals surface area contributed by atoms with Gasteiger partial charge in [-0.3, -0.25) is 4.79 Å². The van der Waals surface area contributed by atoms with Crippen LogP contribution in [0.4, 0.5) is 4.39 Å². The zero-order valence-corrected chi connectivity index (χ0v) is 18.2. The Morgan fingerprint density at radius 2 is 1.70 bits per heavy atom. The molecule has 3 aromatic carbocycles. The number of hydrazone groups is 1. The number of fused-ring (bicyclic) bond motifs is 1. The minimum atomic E-state index is -0.487. The first-order chi connectivity index (χ1) is 16.2. The number of nitrogens with zero attached hydrogens (tertiary/aromatic N) is 2. The molecule has 0 radical (unpaired) electrons. The number of carbonyl (C=O) groups excluding carboxylic acids is 1. The molecule has 5 heteroatoms. The average molecular weight is 441 g/mol. The molecule has 0 bridgehead atoms. The van der Waals surface area contributed by atoms with Crippen LogP contribution in [0.15, 0.2) is 95.6 Å². The zero-order chi connectivity index (χ0) is 22.6. The van der Waals surface area contributed by atoms with Gasteiger partial charge in [-0.1, -0.05) is 72.8 Å². The molecule has 5 rings (SSSR count). The highest BCUT2D eigenvalue weighted by Gasteiger charge is 2.43. The second-order valence-electron chi connectivity index (χ2n) is 8.38. The number of hydrogen-bond acceptors (Lipinski definition) is 3. The van der Waals surface area contributed by atoms with Gasteiger partial charge in [0.1, 0.15) is 0 Å². The van der Waals surface area contributed by atoms with E-state index in [0.29, 0.717) is 0 Å². The Balaban J connectivity index is 1.46. The topological polar surface area (TPSA) is 41.9 Å². The second kappa shape index (κ2) is 9.41. The molecule has 0 aromatic heterocycles. The molecular formula is C28H25FN2O2. The number of para-hydroxylation sites is 1. The van der Waals surface area contributed by atoms with Crippen molar-refractivity contribution in [1.29, 1.82) is 0 Å². The fourth-order valence-electron chi connectivity index (χ4n) is 4.71. The van der Waals surface area contributed by atoms with Crippen LogP contribution in [0.1, 0.15) is 36.4 Å². The summed E-state index contributed by atoms with van der Waals surface area (Å²) in [6.07, 6.45) is 5.11. The van der Waals surface area contributed by atoms with Crippen molar-refractivity contribution in [3.63, 3.8) is 0 Å². The lowest BCUT2D eigenvalue weighted by molar-refractivity contribution is -0.135. The summed E-state index contributed by atoms with van der Waals surface area (Å²) in [5.41, 5.74) is 4.31. The van der Waals surface area contributed by atoms with Crippen molar-refractivity contribution in [2.75, 3.05) is 6.61 Å². The molecule has 33 heavy (non-hydrogen) atoms. The molecule has 0 unspecified atom stereocenters. The van der Waals surface area contributed by atoms with E-state index in [1.807, 2.05) is 48.5 Å². The van der Waals surface area contributed by atoms with E-state index < -0.39 is 5.82 Å². The molecule has 1 fully saturated rings. The van der Waals surface area contributed by atoms with Gasteiger partial charge in [-0.15, -0.1) is 0 Å². The summed E-state index contributed by atoms with van der Waals surface area (Å²) in [6, 6.07) is 26.1. The number of hydrogen-bond donors (Lipinski definition) is 0. The van der Waals surface area contributed by atoms with Crippen LogP contribution in [0.3, 0.4) is 0 Å². The van der Waals surface area contributed by atoms with Crippen molar-refractivity contribution in [2.24, 2.45) is 11.0 Å². The molecule has 2 aliphatic rings. The first kappa shape index (κ1) is 21.1. The molecule has 3 aromatic rings. The molecule has 0 saturated heterocycles. The first-order valence-corrected chi connectivity index (χ1v) is 11.3. The number of amides is 1. The van der Waals surface area contributed by atoms with Crippen molar-refractivity contribution in [2.45, 2.75) is 25.3 Å². The Kier molecular flexibility index (Phi) is 6.03. The Labute approximate surface area is 193 Å². The van der Waals surface area contributed by atoms with E-state index in [-0.39, 0.29) is 30.2 Å². The third kappa shape index (κ3) is 4.44. The van der Waals surface area contributed by atoms with Crippen molar-refractivity contribution < 1.29 is 13.9 Å². The van der Waals surface area contributed by atoms with E-state index in [1.54, 1.807) is 17.1 Å². The van der Waals surface area contributed by atoms with Gasteiger partial charge >= 0.3 is 0 Å². The lowest BCUT2D eigenvalue weighted by Crippen LogP contribution is -2.34. The number of halogens is 1. The van der Waals surface area contributed by atoms with Crippen LogP contribution in [-0.2, 0) is 4.79 Å². The Morgan fingerprint density at radius 3 is 2.45 bits per heavy atom. The van der Waals surface area contributed by atoms with Crippen LogP contribution < -0.4 is 4.74 Å². The fourth-order valence-corrected chi connectivity index (χ4v) is 4.71. The van der Waals surface area contributed by atoms with Gasteiger partial charge in [0.25, 0.3) is 5.91 Å². The van der Waals surface area contributed by atoms with Crippen molar-refractivity contribution >= 4 is 17.7 Å². The summed E-state index contributed by atoms with van der Waals surface area (Å²) in [5.74, 6) is -0.586. The SMILES string of the molecule is O=C(COc1ccccc1F)N1N=C2/C(=C/c3ccccc3)CCC[C@@H]2[C@H]1c1ccccc1. The first-order valence-electron chi connectivity index (χ1n) is 11.3. The predicted molar refractivity (Wildman–Crippen MR) is 127 cm³/mol. The number of benzene rings is 3. The number of allylic oxidation sites excluding steroid dienone is 1. The van der Waals surface area contributed by atoms with Crippen LogP contribution in [0.2, 0.25) is 0 Å². The molecule has 0 N–H and O–H groups in total. The molecule has 1 amide bonds. The lowest BCUT2D eigenvalue weighted by Gasteiger charge is -2.29. The van der Waals surface area contributed by atoms with E-state index in [1.165, 1.54) is 17.7 Å². The summed E-state index contributed by atoms with van der Waals surface area (Å²) in [5, 5.41) is 6.39. The quantitative estimate of drug-likeness (QED) is 0.486. The van der Waals surface area contributed by atoms with E-state index >= 15 is 0 Å². The lowest BCUT2D eigenvalue weighted by atomic mass is 9.77. The van der Waals surface area contributed by atoms with Gasteiger partial charge in [0.05, 0.1) is 11.8 Å². The van der Waals surface area contributed by atoms with Crippen molar-refractivity contribution in [1.82, 2.24) is 5.01 Å². The van der Waals surface area contributed by atoms with Crippen LogP contribution in [0, 0.1) is 11.7 Å². The maximum absolute atomic E-state index is 14.0. The summed E-state index contributed by atoms with van der Waals surface area (Å²) >= 11 is 0. The Bertz CT molecular complexity index is 1190. The van der Waals surface area contributed by atoms with Gasteiger partial charge < -0.3 is 4.74 Å². The molecule has 1 heterocycles. The molecule has 166 valence electrons. The third-order valence-corrected chi connectivity index (χ3v) is 6.23. The van der Waals surface area contributed by atoms with Gasteiger partial charge in [0.15, 0.2) is 18.2 Å². The van der Waals surface area contributed by atoms with Gasteiger partial charge in [-0.05, 0) is 54.2 Å². The van der Waals surface area contributed by atoms with Gasteiger partial charge in [-0.25, -0.2) is 9.40 Å². The molecule has 0 spiro atoms. The summed E-state index contributed by atoms with van der Waals surface area (Å²) in [7, 11) is 0. The largest absolute Gasteiger partial charge is 0.481 e. The maximum Gasteiger partial charge on any atom is 0.281 e. The highest BCUT2D eigenvalue weighted by atomic mass is 19.1. The summed E-state index contributed by atoms with van der Waals surface area (Å²) in [6.45, 7) is -0.272. The number of carbonyl (C=O) groups is 1. The summed E-state index contributed by atoms with van der Waals surface area (Å²) in [4.78, 5) is 13.3. The van der Waals surface area contributed by atoms with Crippen molar-refractivity contribution in [3.05, 3.63) is 107 Å². The fraction of sp³-hybridized carbons (Fsp3) is 0.214. The summed E-state index contributed by atoms with van der Waals surface area (Å²) < 4.78 is 19.5. The minimum Gasteiger partial charge on any atom is -0.481 e. The zero-order valence-electron chi connectivity index (χ0n) is 18.2. The normalized spacial score (nSPS) is 20.9. The smallest absolute Gasteiger partial charge is 0.281 e. The van der Waals surface area contributed by atoms with E-state index in [2.05, 4.69) is 18.2 Å². The van der Waals surface area contributed by atoms with Gasteiger partial charge in [-0.2, -0.15) is 5.10 Å². The average Bonchev–Trinajstić information content (AvgIpc) is 3.25. The molecule has 1 saturated carbocycles. The number of rotatable bonds is 5. The maximum atomic E-state index is 14.0. The van der Waals surface area contributed by atoms with E-state index in [4.69, 9.17) is 9.84 Å². The Hall–Kier alpha value is -3.73. The van der Waals surface area contributed by atoms with Crippen molar-refractivity contribution in [3.8, 4) is 5.75 Å². The predicted octanol–water partition coefficient (Wildman–Crippen LogP) is 6.03. The third-order valence-electron chi connectivity index (χ3n) is 6.23. The van der Waals surface area contributed by atoms with Gasteiger partial charge in [0, 0.05) is 5.92 Å². The number of ether oxygens (including phenoxy) is 1. The minimum absolute atomic E-state index is 0.0658. The van der Waals surface area contributed by atoms with Gasteiger partial charge in [0.2, 0.25) is 0 Å². The van der Waals surface area contributed by atoms with E-state index in [0.717, 1.165) is 36.1 Å². The molecule has 1 aliphatic carbocycles. The molecular weight excluding hydrogens is 415 g/mol. The van der Waals surface area contributed by atoms with Crippen LogP contribution in [0.25, 0.3) is 6.08 Å². The highest BCUT2D eigenvalue weighted by Crippen LogP contribution is 2.44. The van der Waals surface area contributed by atoms with E-state index in [9.17, 15) is 9.18 Å². The Morgan fingerprint density at radius 1 is 1.00 bits per heavy atom. The molecule has 4 nitrogen and oxygen atoms in total. The monoisotopic (exact) mass is 440 g/mol. The standard InChI is InChI=1S/C28H25FN2O2/c29-24-16-7-8-17-25(24)33-19-26(32)31-28(21-12-5-2-6-13-21)23-15-9-14-22(27(23)30-31)18-20-10-3-1-4-11-20/h1-8,10-13,16-18,23,28H,9,14-15,19H2/b22-18+/t23-,28+/m0/s1. The second-order valence-corrected chi connectivity index (χ2v) is 8.38. The highest BCUT2D eigenvalue weighted by molar-refractivity contribution is 6.08. The van der Waals surface area contributed by atoms with Crippen LogP contribution in [-0.4, -0.2) is 23.2 Å². The molecule has 1 aliphatic heterocycles. The molecule has 2 atom stereocenters. The van der Waals surface area contributed by atoms with Crippen LogP contribution >= 0.6 is 0 Å². The van der Waals surface area contributed by atoms with Crippen LogP contribution in [0.5, 0.6) is 5.75 Å².